The number of amides is 1. The van der Waals surface area contributed by atoms with Crippen molar-refractivity contribution >= 4 is 11.6 Å². The smallest absolute Gasteiger partial charge is 0.250 e. The van der Waals surface area contributed by atoms with Crippen LogP contribution in [0.2, 0.25) is 0 Å². The highest BCUT2D eigenvalue weighted by Crippen LogP contribution is 2.24. The van der Waals surface area contributed by atoms with Crippen molar-refractivity contribution in [3.63, 3.8) is 0 Å². The van der Waals surface area contributed by atoms with Crippen molar-refractivity contribution in [3.05, 3.63) is 23.5 Å². The zero-order valence-electron chi connectivity index (χ0n) is 11.2. The van der Waals surface area contributed by atoms with Gasteiger partial charge in [0, 0.05) is 11.8 Å². The van der Waals surface area contributed by atoms with Gasteiger partial charge < -0.3 is 16.2 Å². The molecule has 19 heavy (non-hydrogen) atoms. The molecule has 0 bridgehead atoms. The first-order valence-corrected chi connectivity index (χ1v) is 6.58. The Bertz CT molecular complexity index is 436. The molecule has 4 N–H and O–H groups in total. The van der Waals surface area contributed by atoms with Crippen LogP contribution in [0.15, 0.2) is 12.1 Å². The first-order chi connectivity index (χ1) is 9.06. The summed E-state index contributed by atoms with van der Waals surface area (Å²) in [5.41, 5.74) is 10.8. The fraction of sp³-hybridized carbons (Fsp3) is 0.500. The van der Waals surface area contributed by atoms with Crippen LogP contribution in [0.5, 0.6) is 5.75 Å². The Balaban J connectivity index is 2.53. The van der Waals surface area contributed by atoms with E-state index in [2.05, 4.69) is 6.92 Å². The molecule has 0 atom stereocenters. The molecule has 1 amide bonds. The topological polar surface area (TPSA) is 78.3 Å². The molecule has 1 aromatic carbocycles. The minimum absolute atomic E-state index is 0.0264. The van der Waals surface area contributed by atoms with Gasteiger partial charge in [0.2, 0.25) is 0 Å². The van der Waals surface area contributed by atoms with Gasteiger partial charge in [0.25, 0.3) is 5.91 Å². The molecule has 0 aliphatic rings. The van der Waals surface area contributed by atoms with Crippen LogP contribution in [0.25, 0.3) is 0 Å². The fourth-order valence-electron chi connectivity index (χ4n) is 1.78. The number of ether oxygens (including phenoxy) is 1. The standard InChI is InChI=1S/C14H21FN2O2/c1-2-3-4-5-6-7-19-13-8-10(14(17)18)12(16)9-11(13)15/h8-9H,2-7,16H2,1H3,(H2,17,18). The lowest BCUT2D eigenvalue weighted by atomic mass is 10.1. The molecule has 0 radical (unpaired) electrons. The van der Waals surface area contributed by atoms with E-state index in [4.69, 9.17) is 16.2 Å². The number of carbonyl (C=O) groups is 1. The van der Waals surface area contributed by atoms with Crippen molar-refractivity contribution in [1.82, 2.24) is 0 Å². The SMILES string of the molecule is CCCCCCCOc1cc(C(N)=O)c(N)cc1F. The van der Waals surface area contributed by atoms with Gasteiger partial charge in [0.1, 0.15) is 0 Å². The number of anilines is 1. The second-order valence-electron chi connectivity index (χ2n) is 4.50. The van der Waals surface area contributed by atoms with E-state index in [9.17, 15) is 9.18 Å². The van der Waals surface area contributed by atoms with E-state index in [1.54, 1.807) is 0 Å². The van der Waals surface area contributed by atoms with Gasteiger partial charge in [-0.3, -0.25) is 4.79 Å². The number of halogens is 1. The molecule has 1 rings (SSSR count). The van der Waals surface area contributed by atoms with Crippen LogP contribution in [-0.4, -0.2) is 12.5 Å². The van der Waals surface area contributed by atoms with Crippen LogP contribution in [0, 0.1) is 5.82 Å². The molecule has 4 nitrogen and oxygen atoms in total. The number of nitrogens with two attached hydrogens (primary N) is 2. The molecule has 0 aliphatic carbocycles. The first kappa shape index (κ1) is 15.3. The highest BCUT2D eigenvalue weighted by atomic mass is 19.1. The van der Waals surface area contributed by atoms with Crippen molar-refractivity contribution in [2.75, 3.05) is 12.3 Å². The summed E-state index contributed by atoms with van der Waals surface area (Å²) in [4.78, 5) is 11.1. The molecule has 0 saturated carbocycles. The maximum Gasteiger partial charge on any atom is 0.250 e. The van der Waals surface area contributed by atoms with Gasteiger partial charge in [0.05, 0.1) is 12.2 Å². The Labute approximate surface area is 112 Å². The first-order valence-electron chi connectivity index (χ1n) is 6.58. The van der Waals surface area contributed by atoms with E-state index in [1.165, 1.54) is 18.9 Å². The highest BCUT2D eigenvalue weighted by molar-refractivity contribution is 5.98. The highest BCUT2D eigenvalue weighted by Gasteiger charge is 2.12. The van der Waals surface area contributed by atoms with Gasteiger partial charge >= 0.3 is 0 Å². The minimum atomic E-state index is -0.690. The number of benzene rings is 1. The third-order valence-electron chi connectivity index (χ3n) is 2.87. The van der Waals surface area contributed by atoms with E-state index in [1.807, 2.05) is 0 Å². The molecule has 0 heterocycles. The Hall–Kier alpha value is -1.78. The number of hydrogen-bond donors (Lipinski definition) is 2. The maximum absolute atomic E-state index is 13.6. The number of nitrogen functional groups attached to an aromatic ring is 1. The predicted molar refractivity (Wildman–Crippen MR) is 73.6 cm³/mol. The summed E-state index contributed by atoms with van der Waals surface area (Å²) in [5.74, 6) is -1.24. The molecule has 0 fully saturated rings. The molecular weight excluding hydrogens is 247 g/mol. The van der Waals surface area contributed by atoms with Gasteiger partial charge in [-0.2, -0.15) is 0 Å². The van der Waals surface area contributed by atoms with Crippen LogP contribution >= 0.6 is 0 Å². The fourth-order valence-corrected chi connectivity index (χ4v) is 1.78. The summed E-state index contributed by atoms with van der Waals surface area (Å²) in [5, 5.41) is 0. The van der Waals surface area contributed by atoms with Crippen molar-refractivity contribution in [3.8, 4) is 5.75 Å². The Morgan fingerprint density at radius 2 is 1.95 bits per heavy atom. The Morgan fingerprint density at radius 3 is 2.58 bits per heavy atom. The number of hydrogen-bond acceptors (Lipinski definition) is 3. The quantitative estimate of drug-likeness (QED) is 0.562. The van der Waals surface area contributed by atoms with Crippen molar-refractivity contribution < 1.29 is 13.9 Å². The van der Waals surface area contributed by atoms with E-state index in [-0.39, 0.29) is 17.0 Å². The zero-order chi connectivity index (χ0) is 14.3. The van der Waals surface area contributed by atoms with Crippen LogP contribution in [0.4, 0.5) is 10.1 Å². The van der Waals surface area contributed by atoms with Gasteiger partial charge in [0.15, 0.2) is 11.6 Å². The molecule has 0 unspecified atom stereocenters. The molecule has 1 aromatic rings. The predicted octanol–water partition coefficient (Wildman–Crippen LogP) is 2.86. The number of unbranched alkanes of at least 4 members (excludes halogenated alkanes) is 4. The van der Waals surface area contributed by atoms with E-state index >= 15 is 0 Å². The van der Waals surface area contributed by atoms with Gasteiger partial charge in [-0.15, -0.1) is 0 Å². The van der Waals surface area contributed by atoms with Crippen molar-refractivity contribution in [2.45, 2.75) is 39.0 Å². The largest absolute Gasteiger partial charge is 0.490 e. The molecule has 0 spiro atoms. The average Bonchev–Trinajstić information content (AvgIpc) is 2.35. The lowest BCUT2D eigenvalue weighted by molar-refractivity contribution is 0.100. The van der Waals surface area contributed by atoms with E-state index in [0.717, 1.165) is 25.3 Å². The molecule has 0 aromatic heterocycles. The van der Waals surface area contributed by atoms with Crippen LogP contribution in [0.1, 0.15) is 49.4 Å². The number of rotatable bonds is 8. The molecule has 0 saturated heterocycles. The second-order valence-corrected chi connectivity index (χ2v) is 4.50. The van der Waals surface area contributed by atoms with E-state index in [0.29, 0.717) is 6.61 Å². The summed E-state index contributed by atoms with van der Waals surface area (Å²) in [6.45, 7) is 2.56. The normalized spacial score (nSPS) is 10.4. The Kier molecular flexibility index (Phi) is 6.12. The number of primary amides is 1. The van der Waals surface area contributed by atoms with Crippen molar-refractivity contribution in [1.29, 1.82) is 0 Å². The zero-order valence-corrected chi connectivity index (χ0v) is 11.2. The van der Waals surface area contributed by atoms with Crippen LogP contribution in [-0.2, 0) is 0 Å². The van der Waals surface area contributed by atoms with Crippen LogP contribution < -0.4 is 16.2 Å². The average molecular weight is 268 g/mol. The Morgan fingerprint density at radius 1 is 1.26 bits per heavy atom. The molecule has 5 heteroatoms. The van der Waals surface area contributed by atoms with Crippen LogP contribution in [0.3, 0.4) is 0 Å². The molecule has 0 aliphatic heterocycles. The molecule has 106 valence electrons. The molecular formula is C14H21FN2O2. The lowest BCUT2D eigenvalue weighted by Crippen LogP contribution is -2.14. The third kappa shape index (κ3) is 4.77. The van der Waals surface area contributed by atoms with Gasteiger partial charge in [-0.25, -0.2) is 4.39 Å². The summed E-state index contributed by atoms with van der Waals surface area (Å²) in [6.07, 6.45) is 5.43. The van der Waals surface area contributed by atoms with Gasteiger partial charge in [-0.05, 0) is 12.5 Å². The third-order valence-corrected chi connectivity index (χ3v) is 2.87. The summed E-state index contributed by atoms with van der Waals surface area (Å²) < 4.78 is 18.9. The number of carbonyl (C=O) groups excluding carboxylic acids is 1. The monoisotopic (exact) mass is 268 g/mol. The summed E-state index contributed by atoms with van der Waals surface area (Å²) in [7, 11) is 0. The van der Waals surface area contributed by atoms with Gasteiger partial charge in [-0.1, -0.05) is 32.6 Å². The second kappa shape index (κ2) is 7.61. The van der Waals surface area contributed by atoms with E-state index < -0.39 is 11.7 Å². The maximum atomic E-state index is 13.6. The minimum Gasteiger partial charge on any atom is -0.490 e. The summed E-state index contributed by atoms with van der Waals surface area (Å²) >= 11 is 0. The van der Waals surface area contributed by atoms with Crippen molar-refractivity contribution in [2.24, 2.45) is 5.73 Å². The lowest BCUT2D eigenvalue weighted by Gasteiger charge is -2.10. The summed E-state index contributed by atoms with van der Waals surface area (Å²) in [6, 6.07) is 2.32.